The monoisotopic (exact) mass is 284 g/mol. The highest BCUT2D eigenvalue weighted by Gasteiger charge is 2.17. The van der Waals surface area contributed by atoms with Crippen molar-refractivity contribution in [2.24, 2.45) is 0 Å². The molecule has 0 aliphatic rings. The summed E-state index contributed by atoms with van der Waals surface area (Å²) in [5.41, 5.74) is 0.828. The van der Waals surface area contributed by atoms with Gasteiger partial charge >= 0.3 is 5.97 Å². The lowest BCUT2D eigenvalue weighted by Crippen LogP contribution is -2.06. The number of hydrogen-bond acceptors (Lipinski definition) is 5. The fourth-order valence-electron chi connectivity index (χ4n) is 1.70. The average Bonchev–Trinajstić information content (AvgIpc) is 2.52. The van der Waals surface area contributed by atoms with E-state index in [2.05, 4.69) is 9.72 Å². The SMILES string of the molecule is COC(=O)c1ccc([N+](=O)[O-])c(/C=C/c2ccccc2)n1. The zero-order valence-electron chi connectivity index (χ0n) is 11.2. The summed E-state index contributed by atoms with van der Waals surface area (Å²) < 4.78 is 4.56. The molecule has 1 aromatic carbocycles. The molecule has 1 heterocycles. The van der Waals surface area contributed by atoms with E-state index >= 15 is 0 Å². The second-order valence-electron chi connectivity index (χ2n) is 4.09. The van der Waals surface area contributed by atoms with Gasteiger partial charge in [-0.3, -0.25) is 10.1 Å². The van der Waals surface area contributed by atoms with E-state index < -0.39 is 10.9 Å². The third-order valence-corrected chi connectivity index (χ3v) is 2.73. The molecule has 106 valence electrons. The minimum Gasteiger partial charge on any atom is -0.464 e. The van der Waals surface area contributed by atoms with Crippen LogP contribution in [0.3, 0.4) is 0 Å². The number of esters is 1. The number of hydrogen-bond donors (Lipinski definition) is 0. The Bertz CT molecular complexity index is 696. The maximum Gasteiger partial charge on any atom is 0.356 e. The summed E-state index contributed by atoms with van der Waals surface area (Å²) in [4.78, 5) is 25.9. The van der Waals surface area contributed by atoms with E-state index in [0.29, 0.717) is 0 Å². The highest BCUT2D eigenvalue weighted by atomic mass is 16.6. The van der Waals surface area contributed by atoms with Crippen LogP contribution in [0, 0.1) is 10.1 Å². The van der Waals surface area contributed by atoms with Crippen LogP contribution in [0.5, 0.6) is 0 Å². The molecular weight excluding hydrogens is 272 g/mol. The van der Waals surface area contributed by atoms with Crippen LogP contribution in [0.2, 0.25) is 0 Å². The Morgan fingerprint density at radius 2 is 1.90 bits per heavy atom. The lowest BCUT2D eigenvalue weighted by molar-refractivity contribution is -0.385. The van der Waals surface area contributed by atoms with Gasteiger partial charge in [0.05, 0.1) is 12.0 Å². The number of carbonyl (C=O) groups is 1. The van der Waals surface area contributed by atoms with E-state index in [1.54, 1.807) is 6.08 Å². The molecule has 0 aliphatic carbocycles. The van der Waals surface area contributed by atoms with E-state index in [1.807, 2.05) is 30.3 Å². The number of aromatic nitrogens is 1. The van der Waals surface area contributed by atoms with Crippen LogP contribution in [-0.2, 0) is 4.74 Å². The van der Waals surface area contributed by atoms with Crippen molar-refractivity contribution >= 4 is 23.8 Å². The maximum absolute atomic E-state index is 11.4. The van der Waals surface area contributed by atoms with Crippen molar-refractivity contribution < 1.29 is 14.5 Å². The molecule has 0 radical (unpaired) electrons. The van der Waals surface area contributed by atoms with Gasteiger partial charge in [-0.1, -0.05) is 36.4 Å². The molecule has 6 nitrogen and oxygen atoms in total. The van der Waals surface area contributed by atoms with Gasteiger partial charge < -0.3 is 4.74 Å². The zero-order chi connectivity index (χ0) is 15.2. The molecule has 0 spiro atoms. The molecule has 6 heteroatoms. The van der Waals surface area contributed by atoms with E-state index in [4.69, 9.17) is 0 Å². The number of methoxy groups -OCH3 is 1. The number of rotatable bonds is 4. The van der Waals surface area contributed by atoms with Crippen molar-refractivity contribution in [3.63, 3.8) is 0 Å². The van der Waals surface area contributed by atoms with Gasteiger partial charge in [0.2, 0.25) is 0 Å². The van der Waals surface area contributed by atoms with E-state index in [-0.39, 0.29) is 17.1 Å². The van der Waals surface area contributed by atoms with Crippen molar-refractivity contribution in [1.29, 1.82) is 0 Å². The van der Waals surface area contributed by atoms with Crippen molar-refractivity contribution in [2.75, 3.05) is 7.11 Å². The van der Waals surface area contributed by atoms with Gasteiger partial charge in [-0.05, 0) is 17.7 Å². The average molecular weight is 284 g/mol. The van der Waals surface area contributed by atoms with E-state index in [1.165, 1.54) is 25.3 Å². The first-order valence-electron chi connectivity index (χ1n) is 6.08. The van der Waals surface area contributed by atoms with Crippen molar-refractivity contribution in [1.82, 2.24) is 4.98 Å². The first-order valence-corrected chi connectivity index (χ1v) is 6.08. The summed E-state index contributed by atoms with van der Waals surface area (Å²) >= 11 is 0. The Kier molecular flexibility index (Phi) is 4.40. The summed E-state index contributed by atoms with van der Waals surface area (Å²) in [6.07, 6.45) is 3.19. The minimum absolute atomic E-state index is 0.0239. The molecule has 0 amide bonds. The number of carbonyl (C=O) groups excluding carboxylic acids is 1. The molecule has 21 heavy (non-hydrogen) atoms. The molecule has 0 atom stereocenters. The van der Waals surface area contributed by atoms with Gasteiger partial charge in [-0.15, -0.1) is 0 Å². The Hall–Kier alpha value is -3.02. The molecule has 0 saturated carbocycles. The summed E-state index contributed by atoms with van der Waals surface area (Å²) in [6.45, 7) is 0. The Morgan fingerprint density at radius 1 is 1.19 bits per heavy atom. The first-order chi connectivity index (χ1) is 10.1. The van der Waals surface area contributed by atoms with Crippen molar-refractivity contribution in [3.8, 4) is 0 Å². The fourth-order valence-corrected chi connectivity index (χ4v) is 1.70. The van der Waals surface area contributed by atoms with E-state index in [9.17, 15) is 14.9 Å². The van der Waals surface area contributed by atoms with Gasteiger partial charge in [0.25, 0.3) is 5.69 Å². The summed E-state index contributed by atoms with van der Waals surface area (Å²) in [7, 11) is 1.23. The minimum atomic E-state index is -0.640. The molecule has 2 rings (SSSR count). The molecule has 0 aliphatic heterocycles. The van der Waals surface area contributed by atoms with Crippen molar-refractivity contribution in [3.05, 3.63) is 69.5 Å². The first kappa shape index (κ1) is 14.4. The smallest absolute Gasteiger partial charge is 0.356 e. The quantitative estimate of drug-likeness (QED) is 0.489. The third kappa shape index (κ3) is 3.50. The van der Waals surface area contributed by atoms with Crippen molar-refractivity contribution in [2.45, 2.75) is 0 Å². The Balaban J connectivity index is 2.41. The molecule has 0 N–H and O–H groups in total. The topological polar surface area (TPSA) is 82.3 Å². The molecule has 0 bridgehead atoms. The molecule has 0 unspecified atom stereocenters. The lowest BCUT2D eigenvalue weighted by atomic mass is 10.2. The van der Waals surface area contributed by atoms with Gasteiger partial charge in [0.1, 0.15) is 11.4 Å². The Morgan fingerprint density at radius 3 is 2.52 bits per heavy atom. The summed E-state index contributed by atoms with van der Waals surface area (Å²) in [6, 6.07) is 11.8. The molecule has 2 aromatic rings. The van der Waals surface area contributed by atoms with E-state index in [0.717, 1.165) is 5.56 Å². The maximum atomic E-state index is 11.4. The number of benzene rings is 1. The van der Waals surface area contributed by atoms with Crippen LogP contribution in [0.15, 0.2) is 42.5 Å². The second-order valence-corrected chi connectivity index (χ2v) is 4.09. The number of ether oxygens (including phenoxy) is 1. The molecule has 0 saturated heterocycles. The van der Waals surface area contributed by atoms with Crippen LogP contribution in [0.1, 0.15) is 21.7 Å². The predicted molar refractivity (Wildman–Crippen MR) is 77.6 cm³/mol. The second kappa shape index (κ2) is 6.42. The van der Waals surface area contributed by atoms with Gasteiger partial charge in [0, 0.05) is 6.07 Å². The van der Waals surface area contributed by atoms with Gasteiger partial charge in [0.15, 0.2) is 0 Å². The molecular formula is C15H12N2O4. The number of nitro groups is 1. The normalized spacial score (nSPS) is 10.5. The van der Waals surface area contributed by atoms with Crippen LogP contribution in [0.25, 0.3) is 12.2 Å². The van der Waals surface area contributed by atoms with Gasteiger partial charge in [-0.2, -0.15) is 0 Å². The fraction of sp³-hybridized carbons (Fsp3) is 0.0667. The van der Waals surface area contributed by atoms with Crippen LogP contribution in [0.4, 0.5) is 5.69 Å². The third-order valence-electron chi connectivity index (χ3n) is 2.73. The molecule has 1 aromatic heterocycles. The predicted octanol–water partition coefficient (Wildman–Crippen LogP) is 2.95. The number of nitrogens with zero attached hydrogens (tertiary/aromatic N) is 2. The van der Waals surface area contributed by atoms with Crippen LogP contribution < -0.4 is 0 Å². The standard InChI is InChI=1S/C15H12N2O4/c1-21-15(18)13-9-10-14(17(19)20)12(16-13)8-7-11-5-3-2-4-6-11/h2-10H,1H3/b8-7+. The van der Waals surface area contributed by atoms with Crippen LogP contribution >= 0.6 is 0 Å². The Labute approximate surface area is 120 Å². The summed E-state index contributed by atoms with van der Waals surface area (Å²) in [5.74, 6) is -0.640. The number of pyridine rings is 1. The molecule has 0 fully saturated rings. The largest absolute Gasteiger partial charge is 0.464 e. The lowest BCUT2D eigenvalue weighted by Gasteiger charge is -2.01. The van der Waals surface area contributed by atoms with Gasteiger partial charge in [-0.25, -0.2) is 9.78 Å². The van der Waals surface area contributed by atoms with Crippen LogP contribution in [-0.4, -0.2) is 23.0 Å². The summed E-state index contributed by atoms with van der Waals surface area (Å²) in [5, 5.41) is 11.0. The zero-order valence-corrected chi connectivity index (χ0v) is 11.2. The highest BCUT2D eigenvalue weighted by Crippen LogP contribution is 2.20. The highest BCUT2D eigenvalue weighted by molar-refractivity contribution is 5.88.